The molecule has 4 nitrogen and oxygen atoms in total. The van der Waals surface area contributed by atoms with Crippen LogP contribution in [0.15, 0.2) is 18.3 Å². The van der Waals surface area contributed by atoms with Gasteiger partial charge in [-0.05, 0) is 62.4 Å². The molecule has 3 atom stereocenters. The smallest absolute Gasteiger partial charge is 0.168 e. The zero-order valence-electron chi connectivity index (χ0n) is 15.9. The van der Waals surface area contributed by atoms with Gasteiger partial charge in [0.15, 0.2) is 6.29 Å². The van der Waals surface area contributed by atoms with Crippen molar-refractivity contribution in [2.45, 2.75) is 51.0 Å². The van der Waals surface area contributed by atoms with E-state index in [1.165, 1.54) is 38.6 Å². The van der Waals surface area contributed by atoms with Crippen LogP contribution >= 0.6 is 0 Å². The van der Waals surface area contributed by atoms with Gasteiger partial charge in [-0.25, -0.2) is 0 Å². The molecular weight excluding hydrogens is 312 g/mol. The summed E-state index contributed by atoms with van der Waals surface area (Å²) in [4.78, 5) is 17.9. The molecule has 0 saturated heterocycles. The molecule has 3 unspecified atom stereocenters. The van der Waals surface area contributed by atoms with E-state index in [0.29, 0.717) is 17.5 Å². The van der Waals surface area contributed by atoms with E-state index in [1.807, 2.05) is 19.2 Å². The van der Waals surface area contributed by atoms with E-state index < -0.39 is 0 Å². The normalized spacial score (nSPS) is 29.8. The monoisotopic (exact) mass is 344 g/mol. The summed E-state index contributed by atoms with van der Waals surface area (Å²) < 4.78 is 6.26. The van der Waals surface area contributed by atoms with Crippen molar-refractivity contribution in [2.75, 3.05) is 27.2 Å². The van der Waals surface area contributed by atoms with Crippen LogP contribution in [0.3, 0.4) is 0 Å². The molecule has 0 radical (unpaired) electrons. The van der Waals surface area contributed by atoms with Crippen LogP contribution in [0.5, 0.6) is 0 Å². The van der Waals surface area contributed by atoms with Crippen molar-refractivity contribution in [3.63, 3.8) is 0 Å². The summed E-state index contributed by atoms with van der Waals surface area (Å²) in [6, 6.07) is 3.96. The van der Waals surface area contributed by atoms with Crippen LogP contribution in [0, 0.1) is 17.8 Å². The molecule has 4 heteroatoms. The van der Waals surface area contributed by atoms with Gasteiger partial charge in [0, 0.05) is 25.8 Å². The molecule has 2 saturated carbocycles. The summed E-state index contributed by atoms with van der Waals surface area (Å²) >= 11 is 0. The van der Waals surface area contributed by atoms with Gasteiger partial charge in [-0.1, -0.05) is 26.2 Å². The highest BCUT2D eigenvalue weighted by atomic mass is 16.5. The van der Waals surface area contributed by atoms with Crippen molar-refractivity contribution in [2.24, 2.45) is 17.8 Å². The Bertz CT molecular complexity index is 587. The van der Waals surface area contributed by atoms with E-state index in [4.69, 9.17) is 4.74 Å². The largest absolute Gasteiger partial charge is 0.373 e. The molecule has 0 N–H and O–H groups in total. The van der Waals surface area contributed by atoms with Gasteiger partial charge in [-0.15, -0.1) is 0 Å². The molecule has 2 aliphatic carbocycles. The third-order valence-electron chi connectivity index (χ3n) is 6.37. The molecule has 0 aromatic carbocycles. The quantitative estimate of drug-likeness (QED) is 0.671. The molecule has 2 aliphatic rings. The molecule has 1 aromatic heterocycles. The molecule has 1 aromatic rings. The standard InChI is InChI=1S/C21H32N2O2/c1-16-5-4-6-19(14-23(2)12-10-17-7-8-17)21(16,25-3)18-9-11-22-20(13-18)15-24/h9,11,13,15-17,19H,4-8,10,12,14H2,1-3H3. The third kappa shape index (κ3) is 3.95. The molecule has 138 valence electrons. The predicted octanol–water partition coefficient (Wildman–Crippen LogP) is 3.90. The Morgan fingerprint density at radius 3 is 2.84 bits per heavy atom. The lowest BCUT2D eigenvalue weighted by atomic mass is 9.65. The van der Waals surface area contributed by atoms with E-state index in [1.54, 1.807) is 6.20 Å². The summed E-state index contributed by atoms with van der Waals surface area (Å²) in [6.45, 7) is 4.51. The molecule has 2 fully saturated rings. The second kappa shape index (κ2) is 7.96. The van der Waals surface area contributed by atoms with Gasteiger partial charge in [-0.3, -0.25) is 9.78 Å². The lowest BCUT2D eigenvalue weighted by Crippen LogP contribution is -2.50. The Labute approximate surface area is 152 Å². The molecular formula is C21H32N2O2. The maximum atomic E-state index is 11.2. The van der Waals surface area contributed by atoms with Gasteiger partial charge in [0.25, 0.3) is 0 Å². The van der Waals surface area contributed by atoms with Gasteiger partial charge in [-0.2, -0.15) is 0 Å². The minimum absolute atomic E-state index is 0.327. The second-order valence-corrected chi connectivity index (χ2v) is 8.11. The molecule has 25 heavy (non-hydrogen) atoms. The summed E-state index contributed by atoms with van der Waals surface area (Å²) in [5, 5.41) is 0. The molecule has 3 rings (SSSR count). The van der Waals surface area contributed by atoms with Crippen molar-refractivity contribution in [3.05, 3.63) is 29.6 Å². The van der Waals surface area contributed by atoms with E-state index in [0.717, 1.165) is 30.7 Å². The van der Waals surface area contributed by atoms with Crippen molar-refractivity contribution in [1.82, 2.24) is 9.88 Å². The third-order valence-corrected chi connectivity index (χ3v) is 6.37. The van der Waals surface area contributed by atoms with Crippen molar-refractivity contribution < 1.29 is 9.53 Å². The number of rotatable bonds is 8. The number of aromatic nitrogens is 1. The Morgan fingerprint density at radius 1 is 1.36 bits per heavy atom. The second-order valence-electron chi connectivity index (χ2n) is 8.11. The number of carbonyl (C=O) groups is 1. The van der Waals surface area contributed by atoms with Gasteiger partial charge in [0.2, 0.25) is 0 Å². The lowest BCUT2D eigenvalue weighted by Gasteiger charge is -2.49. The van der Waals surface area contributed by atoms with Crippen LogP contribution in [0.25, 0.3) is 0 Å². The molecule has 0 amide bonds. The summed E-state index contributed by atoms with van der Waals surface area (Å²) in [7, 11) is 4.07. The zero-order chi connectivity index (χ0) is 17.9. The van der Waals surface area contributed by atoms with E-state index >= 15 is 0 Å². The number of carbonyl (C=O) groups excluding carboxylic acids is 1. The highest BCUT2D eigenvalue weighted by Crippen LogP contribution is 2.48. The summed E-state index contributed by atoms with van der Waals surface area (Å²) in [5.41, 5.74) is 1.28. The first-order valence-electron chi connectivity index (χ1n) is 9.75. The summed E-state index contributed by atoms with van der Waals surface area (Å²) in [5.74, 6) is 1.83. The summed E-state index contributed by atoms with van der Waals surface area (Å²) in [6.07, 6.45) is 10.3. The van der Waals surface area contributed by atoms with Crippen LogP contribution in [-0.4, -0.2) is 43.4 Å². The number of nitrogens with zero attached hydrogens (tertiary/aromatic N) is 2. The molecule has 0 aliphatic heterocycles. The predicted molar refractivity (Wildman–Crippen MR) is 99.7 cm³/mol. The Morgan fingerprint density at radius 2 is 2.16 bits per heavy atom. The topological polar surface area (TPSA) is 42.4 Å². The maximum Gasteiger partial charge on any atom is 0.168 e. The first-order valence-corrected chi connectivity index (χ1v) is 9.75. The van der Waals surface area contributed by atoms with E-state index in [-0.39, 0.29) is 5.60 Å². The van der Waals surface area contributed by atoms with Crippen molar-refractivity contribution >= 4 is 6.29 Å². The van der Waals surface area contributed by atoms with Crippen LogP contribution in [0.4, 0.5) is 0 Å². The lowest BCUT2D eigenvalue weighted by molar-refractivity contribution is -0.131. The number of ether oxygens (including phenoxy) is 1. The van der Waals surface area contributed by atoms with E-state index in [2.05, 4.69) is 23.9 Å². The first kappa shape index (κ1) is 18.5. The average Bonchev–Trinajstić information content (AvgIpc) is 3.45. The van der Waals surface area contributed by atoms with E-state index in [9.17, 15) is 4.79 Å². The highest BCUT2D eigenvalue weighted by molar-refractivity contribution is 5.72. The van der Waals surface area contributed by atoms with Crippen LogP contribution in [0.2, 0.25) is 0 Å². The minimum Gasteiger partial charge on any atom is -0.373 e. The Kier molecular flexibility index (Phi) is 5.90. The Balaban J connectivity index is 1.83. The van der Waals surface area contributed by atoms with Crippen LogP contribution < -0.4 is 0 Å². The van der Waals surface area contributed by atoms with Gasteiger partial charge in [0.05, 0.1) is 5.60 Å². The number of methoxy groups -OCH3 is 1. The first-order chi connectivity index (χ1) is 12.1. The maximum absolute atomic E-state index is 11.2. The number of hydrogen-bond acceptors (Lipinski definition) is 4. The molecule has 0 spiro atoms. The van der Waals surface area contributed by atoms with Crippen LogP contribution in [-0.2, 0) is 10.3 Å². The van der Waals surface area contributed by atoms with Gasteiger partial charge < -0.3 is 9.64 Å². The Hall–Kier alpha value is -1.26. The fraction of sp³-hybridized carbons (Fsp3) is 0.714. The van der Waals surface area contributed by atoms with Crippen molar-refractivity contribution in [1.29, 1.82) is 0 Å². The SMILES string of the molecule is COC1(c2ccnc(C=O)c2)C(C)CCCC1CN(C)CCC1CC1. The van der Waals surface area contributed by atoms with Gasteiger partial charge >= 0.3 is 0 Å². The highest BCUT2D eigenvalue weighted by Gasteiger charge is 2.47. The fourth-order valence-electron chi connectivity index (χ4n) is 4.77. The van der Waals surface area contributed by atoms with Crippen LogP contribution in [0.1, 0.15) is 61.5 Å². The fourth-order valence-corrected chi connectivity index (χ4v) is 4.77. The number of pyridine rings is 1. The number of hydrogen-bond donors (Lipinski definition) is 0. The minimum atomic E-state index is -0.327. The van der Waals surface area contributed by atoms with Gasteiger partial charge in [0.1, 0.15) is 5.69 Å². The molecule has 0 bridgehead atoms. The number of aldehydes is 1. The zero-order valence-corrected chi connectivity index (χ0v) is 15.9. The molecule has 1 heterocycles. The average molecular weight is 344 g/mol. The van der Waals surface area contributed by atoms with Crippen molar-refractivity contribution in [3.8, 4) is 0 Å².